The van der Waals surface area contributed by atoms with E-state index >= 15 is 0 Å². The molecule has 1 atom stereocenters. The molecule has 0 radical (unpaired) electrons. The molecule has 2 aromatic carbocycles. The number of nitrogens with one attached hydrogen (secondary N) is 1. The van der Waals surface area contributed by atoms with Crippen LogP contribution in [0.4, 0.5) is 13.6 Å². The summed E-state index contributed by atoms with van der Waals surface area (Å²) in [6.45, 7) is 1.67. The number of hydrogen-bond donors (Lipinski definition) is 1. The normalized spacial score (nSPS) is 12.4. The van der Waals surface area contributed by atoms with E-state index in [1.54, 1.807) is 6.92 Å². The predicted molar refractivity (Wildman–Crippen MR) is 97.4 cm³/mol. The number of benzene rings is 2. The molecule has 27 heavy (non-hydrogen) atoms. The minimum Gasteiger partial charge on any atom is -0.450 e. The molecule has 0 bridgehead atoms. The number of rotatable bonds is 7. The first-order valence-corrected chi connectivity index (χ1v) is 10.0. The number of ether oxygens (including phenoxy) is 1. The van der Waals surface area contributed by atoms with Crippen molar-refractivity contribution in [2.24, 2.45) is 0 Å². The van der Waals surface area contributed by atoms with Crippen molar-refractivity contribution in [1.82, 2.24) is 5.32 Å². The number of carbonyl (C=O) groups is 1. The highest BCUT2D eigenvalue weighted by atomic mass is 35.5. The molecule has 0 aliphatic heterocycles. The average molecular weight is 418 g/mol. The highest BCUT2D eigenvalue weighted by Gasteiger charge is 2.31. The second kappa shape index (κ2) is 9.14. The highest BCUT2D eigenvalue weighted by Crippen LogP contribution is 2.34. The van der Waals surface area contributed by atoms with Crippen LogP contribution < -0.4 is 5.32 Å². The van der Waals surface area contributed by atoms with Crippen LogP contribution in [-0.4, -0.2) is 27.7 Å². The minimum absolute atomic E-state index is 0.0864. The maximum Gasteiger partial charge on any atom is 0.407 e. The fourth-order valence-corrected chi connectivity index (χ4v) is 4.43. The van der Waals surface area contributed by atoms with Crippen LogP contribution in [0.15, 0.2) is 47.4 Å². The Morgan fingerprint density at radius 2 is 1.85 bits per heavy atom. The molecule has 0 heterocycles. The van der Waals surface area contributed by atoms with Gasteiger partial charge in [0.25, 0.3) is 0 Å². The van der Waals surface area contributed by atoms with Gasteiger partial charge in [-0.15, -0.1) is 0 Å². The lowest BCUT2D eigenvalue weighted by molar-refractivity contribution is 0.152. The molecular formula is C18H18ClF2NO4S. The Balaban J connectivity index is 2.38. The van der Waals surface area contributed by atoms with E-state index < -0.39 is 32.8 Å². The molecular weight excluding hydrogens is 400 g/mol. The summed E-state index contributed by atoms with van der Waals surface area (Å²) in [4.78, 5) is 11.3. The molecule has 0 spiro atoms. The van der Waals surface area contributed by atoms with Gasteiger partial charge in [0.15, 0.2) is 9.84 Å². The van der Waals surface area contributed by atoms with Crippen molar-refractivity contribution in [2.45, 2.75) is 23.5 Å². The van der Waals surface area contributed by atoms with Crippen LogP contribution in [-0.2, 0) is 14.6 Å². The van der Waals surface area contributed by atoms with Gasteiger partial charge in [-0.3, -0.25) is 0 Å². The molecule has 0 aliphatic carbocycles. The third-order valence-corrected chi connectivity index (χ3v) is 6.19. The summed E-state index contributed by atoms with van der Waals surface area (Å²) in [5.74, 6) is -1.61. The quantitative estimate of drug-likeness (QED) is 0.730. The van der Waals surface area contributed by atoms with E-state index in [4.69, 9.17) is 16.3 Å². The van der Waals surface area contributed by atoms with Gasteiger partial charge in [0.05, 0.1) is 16.8 Å². The lowest BCUT2D eigenvalue weighted by Crippen LogP contribution is -2.28. The predicted octanol–water partition coefficient (Wildman–Crippen LogP) is 4.27. The van der Waals surface area contributed by atoms with Gasteiger partial charge < -0.3 is 10.1 Å². The first-order chi connectivity index (χ1) is 12.8. The van der Waals surface area contributed by atoms with Crippen molar-refractivity contribution in [1.29, 1.82) is 0 Å². The fourth-order valence-electron chi connectivity index (χ4n) is 2.52. The molecule has 0 saturated carbocycles. The summed E-state index contributed by atoms with van der Waals surface area (Å²) < 4.78 is 58.7. The molecule has 2 aromatic rings. The van der Waals surface area contributed by atoms with Gasteiger partial charge in [-0.05, 0) is 55.8 Å². The van der Waals surface area contributed by atoms with Crippen LogP contribution in [0.5, 0.6) is 0 Å². The van der Waals surface area contributed by atoms with Crippen LogP contribution in [0.1, 0.15) is 24.2 Å². The van der Waals surface area contributed by atoms with Crippen LogP contribution in [0, 0.1) is 11.6 Å². The zero-order valence-electron chi connectivity index (χ0n) is 14.4. The molecule has 146 valence electrons. The van der Waals surface area contributed by atoms with Crippen molar-refractivity contribution in [2.75, 3.05) is 13.2 Å². The highest BCUT2D eigenvalue weighted by molar-refractivity contribution is 7.91. The second-order valence-corrected chi connectivity index (χ2v) is 8.16. The van der Waals surface area contributed by atoms with Gasteiger partial charge in [-0.1, -0.05) is 11.6 Å². The van der Waals surface area contributed by atoms with Gasteiger partial charge >= 0.3 is 6.09 Å². The monoisotopic (exact) mass is 417 g/mol. The van der Waals surface area contributed by atoms with Gasteiger partial charge in [0, 0.05) is 17.1 Å². The van der Waals surface area contributed by atoms with Gasteiger partial charge in [0.1, 0.15) is 11.6 Å². The van der Waals surface area contributed by atoms with Gasteiger partial charge in [-0.2, -0.15) is 0 Å². The van der Waals surface area contributed by atoms with E-state index in [1.807, 2.05) is 0 Å². The zero-order chi connectivity index (χ0) is 20.0. The second-order valence-electron chi connectivity index (χ2n) is 5.59. The Bertz CT molecular complexity index is 904. The van der Waals surface area contributed by atoms with Crippen molar-refractivity contribution in [3.63, 3.8) is 0 Å². The van der Waals surface area contributed by atoms with Gasteiger partial charge in [-0.25, -0.2) is 22.0 Å². The Morgan fingerprint density at radius 1 is 1.19 bits per heavy atom. The van der Waals surface area contributed by atoms with E-state index in [1.165, 1.54) is 24.3 Å². The SMILES string of the molecule is CCOC(=O)NCCC(c1cc(F)ccc1F)S(=O)(=O)c1ccc(Cl)cc1. The molecule has 1 amide bonds. The Labute approximate surface area is 161 Å². The first-order valence-electron chi connectivity index (χ1n) is 8.10. The minimum atomic E-state index is -4.08. The van der Waals surface area contributed by atoms with Crippen LogP contribution in [0.3, 0.4) is 0 Å². The molecule has 9 heteroatoms. The van der Waals surface area contributed by atoms with E-state index in [9.17, 15) is 22.0 Å². The lowest BCUT2D eigenvalue weighted by atomic mass is 10.1. The standard InChI is InChI=1S/C18H18ClF2NO4S/c1-2-26-18(23)22-10-9-17(15-11-13(20)5-8-16(15)21)27(24,25)14-6-3-12(19)4-7-14/h3-8,11,17H,2,9-10H2,1H3,(H,22,23). The van der Waals surface area contributed by atoms with E-state index in [-0.39, 0.29) is 30.0 Å². The topological polar surface area (TPSA) is 72.5 Å². The number of carbonyl (C=O) groups excluding carboxylic acids is 1. The van der Waals surface area contributed by atoms with Crippen molar-refractivity contribution in [3.05, 3.63) is 64.7 Å². The van der Waals surface area contributed by atoms with Crippen LogP contribution >= 0.6 is 11.6 Å². The molecule has 0 saturated heterocycles. The summed E-state index contributed by atoms with van der Waals surface area (Å²) >= 11 is 5.79. The zero-order valence-corrected chi connectivity index (χ0v) is 16.0. The molecule has 0 aliphatic rings. The molecule has 0 aromatic heterocycles. The summed E-state index contributed by atoms with van der Waals surface area (Å²) in [5.41, 5.74) is -0.310. The number of halogens is 3. The van der Waals surface area contributed by atoms with E-state index in [2.05, 4.69) is 5.32 Å². The third-order valence-electron chi connectivity index (χ3n) is 3.77. The number of alkyl carbamates (subject to hydrolysis) is 1. The Hall–Kier alpha value is -2.19. The van der Waals surface area contributed by atoms with E-state index in [0.29, 0.717) is 5.02 Å². The Kier molecular flexibility index (Phi) is 7.15. The molecule has 0 fully saturated rings. The largest absolute Gasteiger partial charge is 0.450 e. The summed E-state index contributed by atoms with van der Waals surface area (Å²) in [7, 11) is -4.08. The number of hydrogen-bond acceptors (Lipinski definition) is 4. The molecule has 2 rings (SSSR count). The summed E-state index contributed by atoms with van der Waals surface area (Å²) in [6, 6.07) is 7.99. The maximum atomic E-state index is 14.3. The van der Waals surface area contributed by atoms with E-state index in [0.717, 1.165) is 18.2 Å². The Morgan fingerprint density at radius 3 is 2.48 bits per heavy atom. The fraction of sp³-hybridized carbons (Fsp3) is 0.278. The average Bonchev–Trinajstić information content (AvgIpc) is 2.61. The molecule has 1 unspecified atom stereocenters. The van der Waals surface area contributed by atoms with Gasteiger partial charge in [0.2, 0.25) is 0 Å². The third kappa shape index (κ3) is 5.40. The lowest BCUT2D eigenvalue weighted by Gasteiger charge is -2.19. The first kappa shape index (κ1) is 21.1. The number of amides is 1. The smallest absolute Gasteiger partial charge is 0.407 e. The van der Waals surface area contributed by atoms with Crippen molar-refractivity contribution >= 4 is 27.5 Å². The van der Waals surface area contributed by atoms with Crippen LogP contribution in [0.25, 0.3) is 0 Å². The summed E-state index contributed by atoms with van der Waals surface area (Å²) in [6.07, 6.45) is -0.899. The van der Waals surface area contributed by atoms with Crippen LogP contribution in [0.2, 0.25) is 5.02 Å². The molecule has 1 N–H and O–H groups in total. The number of sulfone groups is 1. The van der Waals surface area contributed by atoms with Crippen molar-refractivity contribution in [3.8, 4) is 0 Å². The summed E-state index contributed by atoms with van der Waals surface area (Å²) in [5, 5.41) is 1.32. The van der Waals surface area contributed by atoms with Crippen molar-refractivity contribution < 1.29 is 26.7 Å². The maximum absolute atomic E-state index is 14.3. The molecule has 5 nitrogen and oxygen atoms in total.